The van der Waals surface area contributed by atoms with Gasteiger partial charge in [-0.25, -0.2) is 9.59 Å². The van der Waals surface area contributed by atoms with Crippen molar-refractivity contribution in [2.75, 3.05) is 6.61 Å². The van der Waals surface area contributed by atoms with Crippen molar-refractivity contribution < 1.29 is 19.1 Å². The van der Waals surface area contributed by atoms with E-state index < -0.39 is 11.9 Å². The third-order valence-corrected chi connectivity index (χ3v) is 5.07. The van der Waals surface area contributed by atoms with Crippen LogP contribution in [0.25, 0.3) is 6.08 Å². The number of benzene rings is 1. The quantitative estimate of drug-likeness (QED) is 0.521. The lowest BCUT2D eigenvalue weighted by Gasteiger charge is -2.36. The molecule has 1 aliphatic rings. The molecule has 0 radical (unpaired) electrons. The van der Waals surface area contributed by atoms with E-state index in [2.05, 4.69) is 20.8 Å². The van der Waals surface area contributed by atoms with E-state index in [0.29, 0.717) is 22.8 Å². The van der Waals surface area contributed by atoms with Crippen LogP contribution in [-0.2, 0) is 19.1 Å². The van der Waals surface area contributed by atoms with Crippen molar-refractivity contribution in [2.45, 2.75) is 46.1 Å². The van der Waals surface area contributed by atoms with Gasteiger partial charge in [0.2, 0.25) is 0 Å². The minimum Gasteiger partial charge on any atom is -0.460 e. The molecule has 5 heteroatoms. The van der Waals surface area contributed by atoms with Crippen LogP contribution in [0.1, 0.15) is 45.6 Å². The first kappa shape index (κ1) is 20.5. The Kier molecular flexibility index (Phi) is 7.70. The highest BCUT2D eigenvalue weighted by Crippen LogP contribution is 2.35. The van der Waals surface area contributed by atoms with Crippen LogP contribution in [0, 0.1) is 17.8 Å². The van der Waals surface area contributed by atoms with E-state index in [-0.39, 0.29) is 12.7 Å². The Morgan fingerprint density at radius 2 is 2.08 bits per heavy atom. The second-order valence-corrected chi connectivity index (χ2v) is 7.79. The summed E-state index contributed by atoms with van der Waals surface area (Å²) in [5.41, 5.74) is 0.785. The number of carbonyl (C=O) groups excluding carboxylic acids is 2. The lowest BCUT2D eigenvalue weighted by atomic mass is 9.75. The Hall–Kier alpha value is -1.81. The number of rotatable bonds is 6. The number of ether oxygens (including phenoxy) is 2. The van der Waals surface area contributed by atoms with Crippen LogP contribution in [-0.4, -0.2) is 24.6 Å². The lowest BCUT2D eigenvalue weighted by molar-refractivity contribution is -0.165. The number of esters is 2. The van der Waals surface area contributed by atoms with Gasteiger partial charge in [0.1, 0.15) is 6.10 Å². The van der Waals surface area contributed by atoms with Gasteiger partial charge in [0, 0.05) is 11.1 Å². The fraction of sp³-hybridized carbons (Fsp3) is 0.524. The molecule has 1 aromatic carbocycles. The summed E-state index contributed by atoms with van der Waals surface area (Å²) in [5, 5.41) is 0.588. The van der Waals surface area contributed by atoms with Crippen LogP contribution in [0.15, 0.2) is 30.3 Å². The maximum Gasteiger partial charge on any atom is 0.344 e. The molecule has 0 unspecified atom stereocenters. The molecule has 0 aliphatic heterocycles. The standard InChI is InChI=1S/C21H27ClO4/c1-14(2)18-9-7-15(3)11-19(18)26-21(24)13-25-20(23)10-8-16-5-4-6-17(22)12-16/h4-6,8,10,12,14-15,18-19H,7,9,11,13H2,1-3H3/b10-8+/t15-,18+,19-/m1/s1. The second kappa shape index (κ2) is 9.77. The van der Waals surface area contributed by atoms with Gasteiger partial charge in [-0.3, -0.25) is 0 Å². The van der Waals surface area contributed by atoms with Crippen LogP contribution in [0.3, 0.4) is 0 Å². The van der Waals surface area contributed by atoms with E-state index in [4.69, 9.17) is 21.1 Å². The molecule has 0 spiro atoms. The zero-order valence-electron chi connectivity index (χ0n) is 15.6. The molecular weight excluding hydrogens is 352 g/mol. The molecular formula is C21H27ClO4. The smallest absolute Gasteiger partial charge is 0.344 e. The average Bonchev–Trinajstić information content (AvgIpc) is 2.58. The van der Waals surface area contributed by atoms with E-state index in [1.807, 2.05) is 6.07 Å². The zero-order chi connectivity index (χ0) is 19.1. The molecule has 2 rings (SSSR count). The molecule has 4 nitrogen and oxygen atoms in total. The number of halogens is 1. The average molecular weight is 379 g/mol. The predicted molar refractivity (Wildman–Crippen MR) is 103 cm³/mol. The van der Waals surface area contributed by atoms with E-state index in [9.17, 15) is 9.59 Å². The first-order valence-corrected chi connectivity index (χ1v) is 9.53. The summed E-state index contributed by atoms with van der Waals surface area (Å²) in [6.07, 6.45) is 5.89. The van der Waals surface area contributed by atoms with Crippen molar-refractivity contribution in [3.63, 3.8) is 0 Å². The predicted octanol–water partition coefficient (Wildman–Crippen LogP) is 4.90. The SMILES string of the molecule is CC(C)[C@@H]1CC[C@@H](C)C[C@H]1OC(=O)COC(=O)/C=C/c1cccc(Cl)c1. The summed E-state index contributed by atoms with van der Waals surface area (Å²) in [6, 6.07) is 7.10. The van der Waals surface area contributed by atoms with Gasteiger partial charge in [0.05, 0.1) is 0 Å². The molecule has 0 aromatic heterocycles. The monoisotopic (exact) mass is 378 g/mol. The fourth-order valence-corrected chi connectivity index (χ4v) is 3.60. The molecule has 0 bridgehead atoms. The summed E-state index contributed by atoms with van der Waals surface area (Å²) in [7, 11) is 0. The zero-order valence-corrected chi connectivity index (χ0v) is 16.4. The normalized spacial score (nSPS) is 23.2. The highest BCUT2D eigenvalue weighted by atomic mass is 35.5. The Labute approximate surface area is 160 Å². The molecule has 1 saturated carbocycles. The number of carbonyl (C=O) groups is 2. The van der Waals surface area contributed by atoms with Gasteiger partial charge in [-0.05, 0) is 54.4 Å². The molecule has 3 atom stereocenters. The Morgan fingerprint density at radius 3 is 2.77 bits per heavy atom. The van der Waals surface area contributed by atoms with Crippen LogP contribution < -0.4 is 0 Å². The van der Waals surface area contributed by atoms with Gasteiger partial charge in [-0.1, -0.05) is 50.9 Å². The Bertz CT molecular complexity index is 653. The maximum absolute atomic E-state index is 12.1. The minimum absolute atomic E-state index is 0.0908. The van der Waals surface area contributed by atoms with Gasteiger partial charge in [-0.2, -0.15) is 0 Å². The topological polar surface area (TPSA) is 52.6 Å². The largest absolute Gasteiger partial charge is 0.460 e. The summed E-state index contributed by atoms with van der Waals surface area (Å²) >= 11 is 5.89. The fourth-order valence-electron chi connectivity index (χ4n) is 3.41. The van der Waals surface area contributed by atoms with E-state index in [1.165, 1.54) is 12.5 Å². The lowest BCUT2D eigenvalue weighted by Crippen LogP contribution is -2.36. The molecule has 1 fully saturated rings. The van der Waals surface area contributed by atoms with Crippen LogP contribution in [0.5, 0.6) is 0 Å². The second-order valence-electron chi connectivity index (χ2n) is 7.35. The highest BCUT2D eigenvalue weighted by Gasteiger charge is 2.33. The summed E-state index contributed by atoms with van der Waals surface area (Å²) in [4.78, 5) is 23.8. The molecule has 26 heavy (non-hydrogen) atoms. The van der Waals surface area contributed by atoms with Crippen molar-refractivity contribution in [1.82, 2.24) is 0 Å². The van der Waals surface area contributed by atoms with Crippen LogP contribution in [0.2, 0.25) is 5.02 Å². The molecule has 1 aromatic rings. The van der Waals surface area contributed by atoms with E-state index in [1.54, 1.807) is 24.3 Å². The van der Waals surface area contributed by atoms with E-state index in [0.717, 1.165) is 18.4 Å². The van der Waals surface area contributed by atoms with Gasteiger partial charge < -0.3 is 9.47 Å². The van der Waals surface area contributed by atoms with Gasteiger partial charge in [-0.15, -0.1) is 0 Å². The Balaban J connectivity index is 1.81. The molecule has 0 saturated heterocycles. The first-order valence-electron chi connectivity index (χ1n) is 9.15. The van der Waals surface area contributed by atoms with Crippen molar-refractivity contribution in [3.8, 4) is 0 Å². The highest BCUT2D eigenvalue weighted by molar-refractivity contribution is 6.30. The van der Waals surface area contributed by atoms with Gasteiger partial charge >= 0.3 is 11.9 Å². The Morgan fingerprint density at radius 1 is 1.31 bits per heavy atom. The maximum atomic E-state index is 12.1. The molecule has 1 aliphatic carbocycles. The molecule has 0 amide bonds. The van der Waals surface area contributed by atoms with Crippen molar-refractivity contribution >= 4 is 29.6 Å². The third-order valence-electron chi connectivity index (χ3n) is 4.84. The van der Waals surface area contributed by atoms with Gasteiger partial charge in [0.15, 0.2) is 6.61 Å². The van der Waals surface area contributed by atoms with Crippen LogP contribution >= 0.6 is 11.6 Å². The van der Waals surface area contributed by atoms with Crippen molar-refractivity contribution in [2.24, 2.45) is 17.8 Å². The van der Waals surface area contributed by atoms with Gasteiger partial charge in [0.25, 0.3) is 0 Å². The summed E-state index contributed by atoms with van der Waals surface area (Å²) in [5.74, 6) is 0.307. The molecule has 142 valence electrons. The third kappa shape index (κ3) is 6.49. The summed E-state index contributed by atoms with van der Waals surface area (Å²) < 4.78 is 10.6. The van der Waals surface area contributed by atoms with Crippen LogP contribution in [0.4, 0.5) is 0 Å². The van der Waals surface area contributed by atoms with Crippen molar-refractivity contribution in [3.05, 3.63) is 40.9 Å². The molecule has 0 N–H and O–H groups in total. The number of hydrogen-bond acceptors (Lipinski definition) is 4. The number of hydrogen-bond donors (Lipinski definition) is 0. The first-order chi connectivity index (χ1) is 12.3. The minimum atomic E-state index is -0.584. The summed E-state index contributed by atoms with van der Waals surface area (Å²) in [6.45, 7) is 6.12. The van der Waals surface area contributed by atoms with E-state index >= 15 is 0 Å². The van der Waals surface area contributed by atoms with Crippen molar-refractivity contribution in [1.29, 1.82) is 0 Å². The molecule has 0 heterocycles.